The van der Waals surface area contributed by atoms with Gasteiger partial charge in [-0.2, -0.15) is 0 Å². The van der Waals surface area contributed by atoms with Crippen molar-refractivity contribution < 1.29 is 13.5 Å². The van der Waals surface area contributed by atoms with Crippen LogP contribution in [0.1, 0.15) is 6.92 Å². The Hall–Kier alpha value is -0.920. The summed E-state index contributed by atoms with van der Waals surface area (Å²) in [6.45, 7) is 1.49. The fourth-order valence-corrected chi connectivity index (χ4v) is 1.93. The van der Waals surface area contributed by atoms with Crippen molar-refractivity contribution in [3.63, 3.8) is 0 Å². The summed E-state index contributed by atoms with van der Waals surface area (Å²) in [5.74, 6) is 0. The molecule has 0 aliphatic rings. The molecule has 0 saturated heterocycles. The van der Waals surface area contributed by atoms with Crippen LogP contribution in [0, 0.1) is 0 Å². The van der Waals surface area contributed by atoms with Gasteiger partial charge in [0, 0.05) is 19.8 Å². The second-order valence-corrected chi connectivity index (χ2v) is 4.79. The van der Waals surface area contributed by atoms with Gasteiger partial charge in [-0.15, -0.1) is 0 Å². The molecular weight excluding hydrogens is 206 g/mol. The van der Waals surface area contributed by atoms with Crippen molar-refractivity contribution >= 4 is 10.0 Å². The molecule has 1 heterocycles. The summed E-state index contributed by atoms with van der Waals surface area (Å²) in [5, 5.41) is 8.87. The largest absolute Gasteiger partial charge is 0.392 e. The minimum Gasteiger partial charge on any atom is -0.392 e. The molecule has 0 fully saturated rings. The van der Waals surface area contributed by atoms with Gasteiger partial charge >= 0.3 is 0 Å². The normalized spacial score (nSPS) is 14.2. The maximum Gasteiger partial charge on any atom is 0.259 e. The third kappa shape index (κ3) is 2.79. The quantitative estimate of drug-likeness (QED) is 0.686. The van der Waals surface area contributed by atoms with Gasteiger partial charge in [0.05, 0.1) is 12.4 Å². The molecule has 0 spiro atoms. The number of sulfonamides is 1. The van der Waals surface area contributed by atoms with Crippen molar-refractivity contribution in [2.45, 2.75) is 18.1 Å². The molecule has 6 nitrogen and oxygen atoms in total. The van der Waals surface area contributed by atoms with Crippen LogP contribution in [0.3, 0.4) is 0 Å². The van der Waals surface area contributed by atoms with Gasteiger partial charge in [0.15, 0.2) is 5.03 Å². The number of aryl methyl sites for hydroxylation is 1. The zero-order valence-electron chi connectivity index (χ0n) is 8.01. The number of nitrogens with zero attached hydrogens (tertiary/aromatic N) is 2. The van der Waals surface area contributed by atoms with E-state index in [2.05, 4.69) is 9.71 Å². The van der Waals surface area contributed by atoms with Crippen molar-refractivity contribution in [3.8, 4) is 0 Å². The van der Waals surface area contributed by atoms with E-state index in [1.807, 2.05) is 0 Å². The predicted molar refractivity (Wildman–Crippen MR) is 50.1 cm³/mol. The van der Waals surface area contributed by atoms with Gasteiger partial charge in [0.25, 0.3) is 10.0 Å². The van der Waals surface area contributed by atoms with Crippen molar-refractivity contribution in [2.75, 3.05) is 6.54 Å². The average Bonchev–Trinajstić information content (AvgIpc) is 2.49. The summed E-state index contributed by atoms with van der Waals surface area (Å²) >= 11 is 0. The highest BCUT2D eigenvalue weighted by Crippen LogP contribution is 2.03. The van der Waals surface area contributed by atoms with Crippen molar-refractivity contribution in [1.29, 1.82) is 0 Å². The average molecular weight is 219 g/mol. The molecule has 1 rings (SSSR count). The predicted octanol–water partition coefficient (Wildman–Crippen LogP) is -0.921. The Bertz CT molecular complexity index is 396. The van der Waals surface area contributed by atoms with Crippen LogP contribution in [-0.4, -0.2) is 35.7 Å². The lowest BCUT2D eigenvalue weighted by Gasteiger charge is -2.05. The van der Waals surface area contributed by atoms with Gasteiger partial charge in [-0.25, -0.2) is 18.1 Å². The number of aliphatic hydroxyl groups excluding tert-OH is 1. The zero-order chi connectivity index (χ0) is 10.8. The van der Waals surface area contributed by atoms with Crippen molar-refractivity contribution in [2.24, 2.45) is 7.05 Å². The van der Waals surface area contributed by atoms with Crippen LogP contribution in [0.25, 0.3) is 0 Å². The number of aromatic nitrogens is 2. The molecule has 2 N–H and O–H groups in total. The number of aliphatic hydroxyl groups is 1. The van der Waals surface area contributed by atoms with Crippen LogP contribution >= 0.6 is 0 Å². The van der Waals surface area contributed by atoms with Gasteiger partial charge in [-0.05, 0) is 6.92 Å². The highest BCUT2D eigenvalue weighted by molar-refractivity contribution is 7.89. The Morgan fingerprint density at radius 2 is 2.36 bits per heavy atom. The fourth-order valence-electron chi connectivity index (χ4n) is 0.832. The van der Waals surface area contributed by atoms with Crippen LogP contribution in [0.15, 0.2) is 17.6 Å². The van der Waals surface area contributed by atoms with E-state index in [1.54, 1.807) is 7.05 Å². The molecule has 0 aliphatic heterocycles. The van der Waals surface area contributed by atoms with Crippen LogP contribution < -0.4 is 4.72 Å². The lowest BCUT2D eigenvalue weighted by Crippen LogP contribution is -2.30. The van der Waals surface area contributed by atoms with Gasteiger partial charge in [0.1, 0.15) is 0 Å². The molecule has 1 aromatic heterocycles. The molecule has 1 atom stereocenters. The molecule has 0 saturated carbocycles. The standard InChI is InChI=1S/C7H13N3O3S/c1-6(11)3-9-14(12,13)7-4-10(2)5-8-7/h4-6,9,11H,3H2,1-2H3. The molecule has 14 heavy (non-hydrogen) atoms. The number of hydrogen-bond acceptors (Lipinski definition) is 4. The summed E-state index contributed by atoms with van der Waals surface area (Å²) in [6.07, 6.45) is 2.08. The highest BCUT2D eigenvalue weighted by atomic mass is 32.2. The van der Waals surface area contributed by atoms with E-state index >= 15 is 0 Å². The number of nitrogens with one attached hydrogen (secondary N) is 1. The number of hydrogen-bond donors (Lipinski definition) is 2. The molecule has 0 radical (unpaired) electrons. The molecule has 0 bridgehead atoms. The second-order valence-electron chi connectivity index (χ2n) is 3.08. The Labute approximate surface area is 82.6 Å². The lowest BCUT2D eigenvalue weighted by molar-refractivity contribution is 0.198. The first-order valence-corrected chi connectivity index (χ1v) is 5.56. The third-order valence-corrected chi connectivity index (χ3v) is 2.83. The van der Waals surface area contributed by atoms with Crippen molar-refractivity contribution in [3.05, 3.63) is 12.5 Å². The number of imidazole rings is 1. The Morgan fingerprint density at radius 1 is 1.71 bits per heavy atom. The minimum absolute atomic E-state index is 0.0150. The summed E-state index contributed by atoms with van der Waals surface area (Å²) in [4.78, 5) is 3.70. The molecule has 0 amide bonds. The maximum absolute atomic E-state index is 11.5. The maximum atomic E-state index is 11.5. The first-order valence-electron chi connectivity index (χ1n) is 4.07. The number of rotatable bonds is 4. The topological polar surface area (TPSA) is 84.2 Å². The molecule has 0 aliphatic carbocycles. The summed E-state index contributed by atoms with van der Waals surface area (Å²) in [5.41, 5.74) is 0. The van der Waals surface area contributed by atoms with E-state index in [-0.39, 0.29) is 11.6 Å². The molecule has 7 heteroatoms. The van der Waals surface area contributed by atoms with Crippen LogP contribution in [-0.2, 0) is 17.1 Å². The van der Waals surface area contributed by atoms with Gasteiger partial charge in [0.2, 0.25) is 0 Å². The highest BCUT2D eigenvalue weighted by Gasteiger charge is 2.16. The second kappa shape index (κ2) is 4.07. The Kier molecular flexibility index (Phi) is 3.25. The smallest absolute Gasteiger partial charge is 0.259 e. The van der Waals surface area contributed by atoms with Crippen LogP contribution in [0.5, 0.6) is 0 Å². The van der Waals surface area contributed by atoms with Gasteiger partial charge in [-0.3, -0.25) is 0 Å². The Morgan fingerprint density at radius 3 is 2.79 bits per heavy atom. The molecule has 0 aromatic carbocycles. The SMILES string of the molecule is CC(O)CNS(=O)(=O)c1cn(C)cn1. The molecule has 1 aromatic rings. The van der Waals surface area contributed by atoms with Crippen LogP contribution in [0.2, 0.25) is 0 Å². The first-order chi connectivity index (χ1) is 6.42. The van der Waals surface area contributed by atoms with Crippen molar-refractivity contribution in [1.82, 2.24) is 14.3 Å². The zero-order valence-corrected chi connectivity index (χ0v) is 8.82. The lowest BCUT2D eigenvalue weighted by atomic mass is 10.4. The van der Waals surface area contributed by atoms with E-state index in [0.717, 1.165) is 0 Å². The van der Waals surface area contributed by atoms with E-state index in [4.69, 9.17) is 5.11 Å². The third-order valence-electron chi connectivity index (χ3n) is 1.53. The van der Waals surface area contributed by atoms with E-state index in [9.17, 15) is 8.42 Å². The summed E-state index contributed by atoms with van der Waals surface area (Å²) in [6, 6.07) is 0. The van der Waals surface area contributed by atoms with E-state index in [1.165, 1.54) is 24.0 Å². The molecule has 1 unspecified atom stereocenters. The molecular formula is C7H13N3O3S. The monoisotopic (exact) mass is 219 g/mol. The fraction of sp³-hybridized carbons (Fsp3) is 0.571. The minimum atomic E-state index is -3.58. The first kappa shape index (κ1) is 11.2. The molecule has 80 valence electrons. The van der Waals surface area contributed by atoms with E-state index in [0.29, 0.717) is 0 Å². The summed E-state index contributed by atoms with van der Waals surface area (Å²) < 4.78 is 26.7. The van der Waals surface area contributed by atoms with Gasteiger partial charge in [-0.1, -0.05) is 0 Å². The summed E-state index contributed by atoms with van der Waals surface area (Å²) in [7, 11) is -1.90. The van der Waals surface area contributed by atoms with E-state index < -0.39 is 16.1 Å². The van der Waals surface area contributed by atoms with Crippen LogP contribution in [0.4, 0.5) is 0 Å². The Balaban J connectivity index is 2.76. The van der Waals surface area contributed by atoms with Gasteiger partial charge < -0.3 is 9.67 Å².